The van der Waals surface area contributed by atoms with Crippen LogP contribution in [-0.4, -0.2) is 65.9 Å². The van der Waals surface area contributed by atoms with Crippen molar-refractivity contribution >= 4 is 22.8 Å². The minimum absolute atomic E-state index is 0.261. The van der Waals surface area contributed by atoms with Gasteiger partial charge in [0.2, 0.25) is 11.8 Å². The van der Waals surface area contributed by atoms with Crippen molar-refractivity contribution in [1.82, 2.24) is 39.2 Å². The summed E-state index contributed by atoms with van der Waals surface area (Å²) in [5, 5.41) is 7.94. The third-order valence-corrected chi connectivity index (χ3v) is 6.68. The molecule has 1 fully saturated rings. The largest absolute Gasteiger partial charge is 0.479 e. The van der Waals surface area contributed by atoms with E-state index in [4.69, 9.17) is 14.8 Å². The van der Waals surface area contributed by atoms with Crippen molar-refractivity contribution in [3.05, 3.63) is 36.9 Å². The standard InChI is InChI=1S/C25H33N9O/c1-5-32-11-7-18(8-12-32)15-33-13-9-22(31-33)30-25-26-10-6-19(29-25)20-14-21-23(24(28-20)35-4)27-16-34(21)17(2)3/h6,9-10,13-14,16-18H,5,7-8,11-12,15H2,1-4H3,(H,26,29,30,31). The van der Waals surface area contributed by atoms with Gasteiger partial charge in [0.05, 0.1) is 30.3 Å². The van der Waals surface area contributed by atoms with Crippen molar-refractivity contribution in [3.8, 4) is 17.3 Å². The number of fused-ring (bicyclic) bond motifs is 1. The summed E-state index contributed by atoms with van der Waals surface area (Å²) >= 11 is 0. The Hall–Kier alpha value is -3.53. The van der Waals surface area contributed by atoms with Crippen LogP contribution in [0.25, 0.3) is 22.4 Å². The first-order chi connectivity index (χ1) is 17.0. The molecule has 35 heavy (non-hydrogen) atoms. The Balaban J connectivity index is 1.33. The van der Waals surface area contributed by atoms with Gasteiger partial charge in [-0.05, 0) is 64.4 Å². The highest BCUT2D eigenvalue weighted by atomic mass is 16.5. The number of hydrogen-bond acceptors (Lipinski definition) is 8. The summed E-state index contributed by atoms with van der Waals surface area (Å²) in [6, 6.07) is 6.06. The maximum Gasteiger partial charge on any atom is 0.242 e. The molecule has 1 aliphatic rings. The van der Waals surface area contributed by atoms with Crippen LogP contribution in [0.3, 0.4) is 0 Å². The molecule has 0 saturated carbocycles. The SMILES string of the molecule is CCN1CCC(Cn2ccc(Nc3nccc(-c4cc5c(ncn5C(C)C)c(OC)n4)n3)n2)CC1. The van der Waals surface area contributed by atoms with E-state index in [0.29, 0.717) is 29.1 Å². The molecule has 1 N–H and O–H groups in total. The average molecular weight is 476 g/mol. The number of rotatable bonds is 8. The highest BCUT2D eigenvalue weighted by Crippen LogP contribution is 2.29. The fourth-order valence-electron chi connectivity index (χ4n) is 4.64. The number of nitrogens with zero attached hydrogens (tertiary/aromatic N) is 8. The van der Waals surface area contributed by atoms with E-state index in [1.54, 1.807) is 13.3 Å². The van der Waals surface area contributed by atoms with E-state index in [0.717, 1.165) is 29.9 Å². The van der Waals surface area contributed by atoms with Crippen molar-refractivity contribution in [2.45, 2.75) is 46.2 Å². The molecule has 1 saturated heterocycles. The highest BCUT2D eigenvalue weighted by molar-refractivity contribution is 5.84. The maximum absolute atomic E-state index is 5.52. The van der Waals surface area contributed by atoms with Crippen molar-refractivity contribution in [1.29, 1.82) is 0 Å². The topological polar surface area (TPSA) is 98.8 Å². The predicted molar refractivity (Wildman–Crippen MR) is 136 cm³/mol. The maximum atomic E-state index is 5.52. The van der Waals surface area contributed by atoms with Gasteiger partial charge >= 0.3 is 0 Å². The molecule has 0 unspecified atom stereocenters. The van der Waals surface area contributed by atoms with Gasteiger partial charge in [0.15, 0.2) is 11.3 Å². The lowest BCUT2D eigenvalue weighted by Gasteiger charge is -2.30. The molecule has 0 amide bonds. The molecule has 10 heteroatoms. The zero-order chi connectivity index (χ0) is 24.4. The van der Waals surface area contributed by atoms with Crippen LogP contribution in [0.2, 0.25) is 0 Å². The molecule has 1 aliphatic heterocycles. The molecule has 0 aromatic carbocycles. The monoisotopic (exact) mass is 475 g/mol. The molecule has 184 valence electrons. The Morgan fingerprint density at radius 3 is 2.69 bits per heavy atom. The van der Waals surface area contributed by atoms with Crippen molar-refractivity contribution in [3.63, 3.8) is 0 Å². The lowest BCUT2D eigenvalue weighted by Crippen LogP contribution is -2.34. The number of nitrogens with one attached hydrogen (secondary N) is 1. The third-order valence-electron chi connectivity index (χ3n) is 6.68. The zero-order valence-corrected chi connectivity index (χ0v) is 20.8. The molecule has 4 aromatic rings. The normalized spacial score (nSPS) is 15.2. The predicted octanol–water partition coefficient (Wildman–Crippen LogP) is 4.15. The van der Waals surface area contributed by atoms with Crippen LogP contribution in [0.1, 0.15) is 39.7 Å². The Labute approximate surface area is 205 Å². The zero-order valence-electron chi connectivity index (χ0n) is 20.8. The Morgan fingerprint density at radius 1 is 1.11 bits per heavy atom. The number of anilines is 2. The van der Waals surface area contributed by atoms with Crippen molar-refractivity contribution in [2.24, 2.45) is 5.92 Å². The fourth-order valence-corrected chi connectivity index (χ4v) is 4.64. The number of ether oxygens (including phenoxy) is 1. The van der Waals surface area contributed by atoms with Gasteiger partial charge in [0.25, 0.3) is 0 Å². The van der Waals surface area contributed by atoms with Gasteiger partial charge in [0.1, 0.15) is 0 Å². The molecule has 0 atom stereocenters. The molecule has 0 aliphatic carbocycles. The Kier molecular flexibility index (Phi) is 6.63. The van der Waals surface area contributed by atoms with E-state index in [1.807, 2.05) is 35.4 Å². The van der Waals surface area contributed by atoms with Crippen LogP contribution < -0.4 is 10.1 Å². The van der Waals surface area contributed by atoms with Crippen LogP contribution >= 0.6 is 0 Å². The van der Waals surface area contributed by atoms with Gasteiger partial charge in [0, 0.05) is 31.0 Å². The van der Waals surface area contributed by atoms with E-state index >= 15 is 0 Å². The second-order valence-electron chi connectivity index (χ2n) is 9.32. The first-order valence-corrected chi connectivity index (χ1v) is 12.3. The minimum Gasteiger partial charge on any atom is -0.479 e. The summed E-state index contributed by atoms with van der Waals surface area (Å²) in [5.41, 5.74) is 3.09. The summed E-state index contributed by atoms with van der Waals surface area (Å²) in [4.78, 5) is 20.7. The van der Waals surface area contributed by atoms with Crippen molar-refractivity contribution in [2.75, 3.05) is 32.1 Å². The quantitative estimate of drug-likeness (QED) is 0.406. The number of imidazole rings is 1. The van der Waals surface area contributed by atoms with Gasteiger partial charge in [-0.2, -0.15) is 5.10 Å². The van der Waals surface area contributed by atoms with E-state index in [-0.39, 0.29) is 6.04 Å². The molecule has 0 bridgehead atoms. The number of likely N-dealkylation sites (tertiary alicyclic amines) is 1. The average Bonchev–Trinajstić information content (AvgIpc) is 3.51. The number of methoxy groups -OCH3 is 1. The lowest BCUT2D eigenvalue weighted by atomic mass is 9.97. The van der Waals surface area contributed by atoms with Crippen LogP contribution in [0.4, 0.5) is 11.8 Å². The molecular formula is C25H33N9O. The van der Waals surface area contributed by atoms with Crippen LogP contribution in [-0.2, 0) is 6.54 Å². The third kappa shape index (κ3) is 4.97. The number of aromatic nitrogens is 7. The van der Waals surface area contributed by atoms with Crippen molar-refractivity contribution < 1.29 is 4.74 Å². The molecule has 5 rings (SSSR count). The molecule has 10 nitrogen and oxygen atoms in total. The summed E-state index contributed by atoms with van der Waals surface area (Å²) in [6.45, 7) is 10.9. The molecule has 0 spiro atoms. The van der Waals surface area contributed by atoms with Crippen LogP contribution in [0, 0.1) is 5.92 Å². The Morgan fingerprint density at radius 2 is 1.94 bits per heavy atom. The smallest absolute Gasteiger partial charge is 0.242 e. The minimum atomic E-state index is 0.261. The fraction of sp³-hybridized carbons (Fsp3) is 0.480. The van der Waals surface area contributed by atoms with Crippen LogP contribution in [0.5, 0.6) is 5.88 Å². The first kappa shape index (κ1) is 23.2. The molecule has 5 heterocycles. The molecule has 0 radical (unpaired) electrons. The second-order valence-corrected chi connectivity index (χ2v) is 9.32. The molecule has 4 aromatic heterocycles. The van der Waals surface area contributed by atoms with Gasteiger partial charge in [-0.25, -0.2) is 19.9 Å². The van der Waals surface area contributed by atoms with Crippen LogP contribution in [0.15, 0.2) is 36.9 Å². The summed E-state index contributed by atoms with van der Waals surface area (Å²) in [6.07, 6.45) is 8.00. The summed E-state index contributed by atoms with van der Waals surface area (Å²) < 4.78 is 9.64. The van der Waals surface area contributed by atoms with E-state index in [2.05, 4.69) is 50.5 Å². The second kappa shape index (κ2) is 9.99. The van der Waals surface area contributed by atoms with E-state index in [1.165, 1.54) is 25.9 Å². The molecular weight excluding hydrogens is 442 g/mol. The van der Waals surface area contributed by atoms with E-state index < -0.39 is 0 Å². The number of piperidine rings is 1. The van der Waals surface area contributed by atoms with Gasteiger partial charge in [-0.1, -0.05) is 6.92 Å². The summed E-state index contributed by atoms with van der Waals surface area (Å²) in [5.74, 6) is 2.35. The van der Waals surface area contributed by atoms with E-state index in [9.17, 15) is 0 Å². The van der Waals surface area contributed by atoms with Gasteiger partial charge in [-0.3, -0.25) is 4.68 Å². The highest BCUT2D eigenvalue weighted by Gasteiger charge is 2.19. The Bertz CT molecular complexity index is 1290. The number of hydrogen-bond donors (Lipinski definition) is 1. The van der Waals surface area contributed by atoms with Gasteiger partial charge < -0.3 is 19.5 Å². The van der Waals surface area contributed by atoms with Gasteiger partial charge in [-0.15, -0.1) is 0 Å². The first-order valence-electron chi connectivity index (χ1n) is 12.3. The lowest BCUT2D eigenvalue weighted by molar-refractivity contribution is 0.178. The number of pyridine rings is 1. The summed E-state index contributed by atoms with van der Waals surface area (Å²) in [7, 11) is 1.61.